The molecule has 0 unspecified atom stereocenters. The summed E-state index contributed by atoms with van der Waals surface area (Å²) in [6.45, 7) is 4.26. The predicted molar refractivity (Wildman–Crippen MR) is 90.0 cm³/mol. The average Bonchev–Trinajstić information content (AvgIpc) is 2.98. The summed E-state index contributed by atoms with van der Waals surface area (Å²) >= 11 is 0. The molecule has 2 heterocycles. The lowest BCUT2D eigenvalue weighted by Crippen LogP contribution is -2.30. The first-order valence-electron chi connectivity index (χ1n) is 7.80. The van der Waals surface area contributed by atoms with E-state index >= 15 is 0 Å². The van der Waals surface area contributed by atoms with Crippen LogP contribution >= 0.6 is 0 Å². The molecule has 3 rings (SSSR count). The van der Waals surface area contributed by atoms with Gasteiger partial charge in [0.2, 0.25) is 0 Å². The number of nitrogens with one attached hydrogen (secondary N) is 2. The maximum Gasteiger partial charge on any atom is 0.270 e. The van der Waals surface area contributed by atoms with Crippen LogP contribution in [-0.4, -0.2) is 20.9 Å². The predicted octanol–water partition coefficient (Wildman–Crippen LogP) is 3.48. The number of pyridine rings is 1. The Bertz CT molecular complexity index is 762. The minimum absolute atomic E-state index is 0.170. The number of nitrogens with zero attached hydrogens (tertiary/aromatic N) is 2. The van der Waals surface area contributed by atoms with Gasteiger partial charge >= 0.3 is 0 Å². The zero-order valence-corrected chi connectivity index (χ0v) is 13.3. The van der Waals surface area contributed by atoms with Crippen molar-refractivity contribution in [3.05, 3.63) is 60.2 Å². The van der Waals surface area contributed by atoms with Crippen LogP contribution in [0.1, 0.15) is 42.6 Å². The number of hydrogen-bond acceptors (Lipinski definition) is 3. The first-order valence-corrected chi connectivity index (χ1v) is 7.80. The van der Waals surface area contributed by atoms with Crippen LogP contribution < -0.4 is 5.32 Å². The smallest absolute Gasteiger partial charge is 0.270 e. The van der Waals surface area contributed by atoms with Crippen LogP contribution in [0, 0.1) is 5.92 Å². The van der Waals surface area contributed by atoms with Gasteiger partial charge in [0.05, 0.1) is 17.1 Å². The second-order valence-corrected chi connectivity index (χ2v) is 6.01. The lowest BCUT2D eigenvalue weighted by atomic mass is 10.0. The largest absolute Gasteiger partial charge is 0.341 e. The molecular formula is C18H20N4O. The lowest BCUT2D eigenvalue weighted by Gasteiger charge is -2.18. The first-order chi connectivity index (χ1) is 11.1. The summed E-state index contributed by atoms with van der Waals surface area (Å²) in [6.07, 6.45) is 2.42. The molecule has 5 heteroatoms. The quantitative estimate of drug-likeness (QED) is 0.758. The van der Waals surface area contributed by atoms with Crippen LogP contribution in [0.5, 0.6) is 0 Å². The number of carbonyl (C=O) groups is 1. The van der Waals surface area contributed by atoms with Gasteiger partial charge in [0.25, 0.3) is 5.91 Å². The number of imidazole rings is 1. The van der Waals surface area contributed by atoms with Crippen molar-refractivity contribution < 1.29 is 4.79 Å². The third kappa shape index (κ3) is 3.56. The van der Waals surface area contributed by atoms with E-state index < -0.39 is 0 Å². The van der Waals surface area contributed by atoms with Crippen molar-refractivity contribution in [3.63, 3.8) is 0 Å². The highest BCUT2D eigenvalue weighted by Crippen LogP contribution is 2.22. The third-order valence-corrected chi connectivity index (χ3v) is 3.65. The fraction of sp³-hybridized carbons (Fsp3) is 0.278. The Morgan fingerprint density at radius 3 is 2.65 bits per heavy atom. The monoisotopic (exact) mass is 308 g/mol. The van der Waals surface area contributed by atoms with E-state index in [1.54, 1.807) is 24.4 Å². The van der Waals surface area contributed by atoms with E-state index in [-0.39, 0.29) is 11.9 Å². The molecule has 0 aliphatic heterocycles. The molecule has 5 nitrogen and oxygen atoms in total. The van der Waals surface area contributed by atoms with Gasteiger partial charge in [-0.1, -0.05) is 32.0 Å². The number of rotatable bonds is 5. The molecule has 0 fully saturated rings. The molecule has 0 aliphatic rings. The van der Waals surface area contributed by atoms with E-state index in [4.69, 9.17) is 0 Å². The van der Waals surface area contributed by atoms with E-state index in [0.717, 1.165) is 23.3 Å². The standard InChI is InChI=1S/C18H20N4O/c1-12(2)11-16(22-18(23)15-9-5-6-10-19-15)17-20-13-7-3-4-8-14(13)21-17/h3-10,12,16H,11H2,1-2H3,(H,20,21)(H,22,23)/t16-/m0/s1. The molecule has 0 saturated heterocycles. The van der Waals surface area contributed by atoms with Crippen molar-refractivity contribution in [1.82, 2.24) is 20.3 Å². The van der Waals surface area contributed by atoms with Crippen LogP contribution in [0.4, 0.5) is 0 Å². The number of hydrogen-bond donors (Lipinski definition) is 2. The van der Waals surface area contributed by atoms with Gasteiger partial charge in [-0.05, 0) is 36.6 Å². The molecule has 1 aromatic carbocycles. The van der Waals surface area contributed by atoms with Crippen molar-refractivity contribution in [2.45, 2.75) is 26.3 Å². The van der Waals surface area contributed by atoms with Crippen LogP contribution in [0.3, 0.4) is 0 Å². The van der Waals surface area contributed by atoms with Gasteiger partial charge < -0.3 is 10.3 Å². The zero-order valence-electron chi connectivity index (χ0n) is 13.3. The molecule has 1 amide bonds. The fourth-order valence-corrected chi connectivity index (χ4v) is 2.58. The Labute approximate surface area is 135 Å². The fourth-order valence-electron chi connectivity index (χ4n) is 2.58. The maximum absolute atomic E-state index is 12.4. The number of H-pyrrole nitrogens is 1. The van der Waals surface area contributed by atoms with Gasteiger partial charge in [0, 0.05) is 6.20 Å². The van der Waals surface area contributed by atoms with Gasteiger partial charge in [0.15, 0.2) is 0 Å². The van der Waals surface area contributed by atoms with Crippen molar-refractivity contribution in [3.8, 4) is 0 Å². The number of benzene rings is 1. The topological polar surface area (TPSA) is 70.7 Å². The number of fused-ring (bicyclic) bond motifs is 1. The van der Waals surface area contributed by atoms with Crippen molar-refractivity contribution in [1.29, 1.82) is 0 Å². The van der Waals surface area contributed by atoms with E-state index in [1.807, 2.05) is 24.3 Å². The Kier molecular flexibility index (Phi) is 4.37. The van der Waals surface area contributed by atoms with E-state index in [0.29, 0.717) is 11.6 Å². The summed E-state index contributed by atoms with van der Waals surface area (Å²) in [6, 6.07) is 13.0. The molecular weight excluding hydrogens is 288 g/mol. The molecule has 23 heavy (non-hydrogen) atoms. The Morgan fingerprint density at radius 2 is 1.96 bits per heavy atom. The summed E-state index contributed by atoms with van der Waals surface area (Å²) in [5.41, 5.74) is 2.30. The van der Waals surface area contributed by atoms with Gasteiger partial charge in [-0.3, -0.25) is 9.78 Å². The summed E-state index contributed by atoms with van der Waals surface area (Å²) in [4.78, 5) is 24.4. The highest BCUT2D eigenvalue weighted by Gasteiger charge is 2.20. The van der Waals surface area contributed by atoms with Crippen LogP contribution in [0.15, 0.2) is 48.7 Å². The van der Waals surface area contributed by atoms with Crippen molar-refractivity contribution in [2.75, 3.05) is 0 Å². The molecule has 0 radical (unpaired) electrons. The summed E-state index contributed by atoms with van der Waals surface area (Å²) in [5, 5.41) is 3.05. The minimum Gasteiger partial charge on any atom is -0.341 e. The first kappa shape index (κ1) is 15.2. The number of amides is 1. The van der Waals surface area contributed by atoms with Gasteiger partial charge in [-0.2, -0.15) is 0 Å². The maximum atomic E-state index is 12.4. The molecule has 2 N–H and O–H groups in total. The Hall–Kier alpha value is -2.69. The van der Waals surface area contributed by atoms with Gasteiger partial charge in [-0.25, -0.2) is 4.98 Å². The van der Waals surface area contributed by atoms with Crippen molar-refractivity contribution >= 4 is 16.9 Å². The Morgan fingerprint density at radius 1 is 1.17 bits per heavy atom. The van der Waals surface area contributed by atoms with Crippen LogP contribution in [0.25, 0.3) is 11.0 Å². The summed E-state index contributed by atoms with van der Waals surface area (Å²) < 4.78 is 0. The third-order valence-electron chi connectivity index (χ3n) is 3.65. The number of aromatic amines is 1. The Balaban J connectivity index is 1.87. The minimum atomic E-state index is -0.184. The molecule has 0 saturated carbocycles. The zero-order chi connectivity index (χ0) is 16.2. The summed E-state index contributed by atoms with van der Waals surface area (Å²) in [7, 11) is 0. The number of carbonyl (C=O) groups excluding carboxylic acids is 1. The van der Waals surface area contributed by atoms with E-state index in [9.17, 15) is 4.79 Å². The second kappa shape index (κ2) is 6.60. The lowest BCUT2D eigenvalue weighted by molar-refractivity contribution is 0.0925. The van der Waals surface area contributed by atoms with Crippen LogP contribution in [0.2, 0.25) is 0 Å². The number of para-hydroxylation sites is 2. The van der Waals surface area contributed by atoms with E-state index in [2.05, 4.69) is 34.1 Å². The highest BCUT2D eigenvalue weighted by atomic mass is 16.1. The molecule has 2 aromatic heterocycles. The SMILES string of the molecule is CC(C)C[C@H](NC(=O)c1ccccn1)c1nc2ccccc2[nH]1. The molecule has 0 bridgehead atoms. The molecule has 0 aliphatic carbocycles. The normalized spacial score (nSPS) is 12.5. The molecule has 118 valence electrons. The molecule has 3 aromatic rings. The number of aromatic nitrogens is 3. The second-order valence-electron chi connectivity index (χ2n) is 6.01. The van der Waals surface area contributed by atoms with Crippen molar-refractivity contribution in [2.24, 2.45) is 5.92 Å². The highest BCUT2D eigenvalue weighted by molar-refractivity contribution is 5.92. The molecule has 0 spiro atoms. The summed E-state index contributed by atoms with van der Waals surface area (Å²) in [5.74, 6) is 1.03. The van der Waals surface area contributed by atoms with E-state index in [1.165, 1.54) is 0 Å². The van der Waals surface area contributed by atoms with Gasteiger partial charge in [-0.15, -0.1) is 0 Å². The van der Waals surface area contributed by atoms with Gasteiger partial charge in [0.1, 0.15) is 11.5 Å². The average molecular weight is 308 g/mol. The van der Waals surface area contributed by atoms with Crippen LogP contribution in [-0.2, 0) is 0 Å². The molecule has 1 atom stereocenters.